The number of nitrogens with zero attached hydrogens (tertiary/aromatic N) is 1. The zero-order chi connectivity index (χ0) is 15.0. The summed E-state index contributed by atoms with van der Waals surface area (Å²) in [6.45, 7) is 2.20. The highest BCUT2D eigenvalue weighted by molar-refractivity contribution is 5.85. The van der Waals surface area contributed by atoms with Crippen LogP contribution in [0.25, 0.3) is 16.6 Å². The van der Waals surface area contributed by atoms with E-state index in [2.05, 4.69) is 4.98 Å². The summed E-state index contributed by atoms with van der Waals surface area (Å²) < 4.78 is 1.53. The van der Waals surface area contributed by atoms with Gasteiger partial charge in [0.2, 0.25) is 0 Å². The van der Waals surface area contributed by atoms with Crippen LogP contribution < -0.4 is 16.7 Å². The third kappa shape index (κ3) is 2.81. The molecule has 114 valence electrons. The minimum atomic E-state index is -0.130. The van der Waals surface area contributed by atoms with Crippen molar-refractivity contribution < 1.29 is 0 Å². The lowest BCUT2D eigenvalue weighted by atomic mass is 10.1. The average Bonchev–Trinajstić information content (AvgIpc) is 2.49. The van der Waals surface area contributed by atoms with E-state index in [-0.39, 0.29) is 29.9 Å². The molecule has 0 aliphatic carbocycles. The van der Waals surface area contributed by atoms with Gasteiger partial charge in [0.05, 0.1) is 0 Å². The smallest absolute Gasteiger partial charge is 0.255 e. The van der Waals surface area contributed by atoms with Crippen molar-refractivity contribution in [2.45, 2.75) is 13.5 Å². The van der Waals surface area contributed by atoms with Crippen molar-refractivity contribution in [3.8, 4) is 5.69 Å². The highest BCUT2D eigenvalue weighted by Crippen LogP contribution is 2.14. The number of hydrogen-bond donors (Lipinski definition) is 2. The Balaban J connectivity index is 0.00000176. The Bertz CT molecular complexity index is 944. The van der Waals surface area contributed by atoms with E-state index in [1.807, 2.05) is 6.92 Å². The van der Waals surface area contributed by atoms with Crippen LogP contribution in [0.2, 0.25) is 0 Å². The zero-order valence-corrected chi connectivity index (χ0v) is 12.8. The van der Waals surface area contributed by atoms with Gasteiger partial charge in [-0.2, -0.15) is 0 Å². The molecule has 2 aromatic heterocycles. The number of pyridine rings is 2. The maximum atomic E-state index is 12.1. The van der Waals surface area contributed by atoms with Gasteiger partial charge >= 0.3 is 0 Å². The van der Waals surface area contributed by atoms with Crippen LogP contribution in [0, 0.1) is 6.92 Å². The number of nitrogens with two attached hydrogens (primary N) is 1. The number of nitrogens with one attached hydrogen (secondary N) is 1. The number of halogens is 1. The van der Waals surface area contributed by atoms with E-state index < -0.39 is 0 Å². The number of fused-ring (bicyclic) bond motifs is 1. The van der Waals surface area contributed by atoms with Crippen molar-refractivity contribution in [3.63, 3.8) is 0 Å². The van der Waals surface area contributed by atoms with Crippen molar-refractivity contribution in [2.75, 3.05) is 0 Å². The summed E-state index contributed by atoms with van der Waals surface area (Å²) in [4.78, 5) is 27.2. The van der Waals surface area contributed by atoms with Crippen LogP contribution >= 0.6 is 12.4 Å². The second-order valence-corrected chi connectivity index (χ2v) is 5.01. The summed E-state index contributed by atoms with van der Waals surface area (Å²) in [5.41, 5.74) is 8.36. The fourth-order valence-electron chi connectivity index (χ4n) is 2.35. The van der Waals surface area contributed by atoms with Crippen LogP contribution in [-0.2, 0) is 6.54 Å². The second kappa shape index (κ2) is 6.17. The molecule has 5 nitrogen and oxygen atoms in total. The van der Waals surface area contributed by atoms with Gasteiger partial charge in [-0.25, -0.2) is 0 Å². The van der Waals surface area contributed by atoms with E-state index in [9.17, 15) is 9.59 Å². The zero-order valence-electron chi connectivity index (χ0n) is 12.0. The van der Waals surface area contributed by atoms with E-state index in [1.165, 1.54) is 16.7 Å². The van der Waals surface area contributed by atoms with Gasteiger partial charge in [-0.15, -0.1) is 12.4 Å². The molecular weight excluding hydrogens is 302 g/mol. The minimum Gasteiger partial charge on any atom is -0.357 e. The summed E-state index contributed by atoms with van der Waals surface area (Å²) in [5, 5.41) is 0.540. The first kappa shape index (κ1) is 16.0. The Labute approximate surface area is 132 Å². The van der Waals surface area contributed by atoms with Gasteiger partial charge in [0.15, 0.2) is 5.43 Å². The first-order valence-electron chi connectivity index (χ1n) is 6.64. The number of aromatic amines is 1. The molecule has 0 fully saturated rings. The molecule has 1 aromatic carbocycles. The summed E-state index contributed by atoms with van der Waals surface area (Å²) in [6.07, 6.45) is 1.76. The Morgan fingerprint density at radius 2 is 1.91 bits per heavy atom. The summed E-state index contributed by atoms with van der Waals surface area (Å²) in [6, 6.07) is 10.1. The van der Waals surface area contributed by atoms with Crippen LogP contribution in [0.15, 0.2) is 52.2 Å². The Morgan fingerprint density at radius 1 is 1.14 bits per heavy atom. The van der Waals surface area contributed by atoms with Gasteiger partial charge < -0.3 is 10.7 Å². The summed E-state index contributed by atoms with van der Waals surface area (Å²) in [5.74, 6) is 0. The number of H-pyrrole nitrogens is 1. The quantitative estimate of drug-likeness (QED) is 0.757. The largest absolute Gasteiger partial charge is 0.357 e. The van der Waals surface area contributed by atoms with Crippen LogP contribution in [0.1, 0.15) is 11.3 Å². The lowest BCUT2D eigenvalue weighted by molar-refractivity contribution is 0.976. The molecule has 0 bridgehead atoms. The van der Waals surface area contributed by atoms with Gasteiger partial charge in [0.1, 0.15) is 0 Å². The molecule has 3 rings (SSSR count). The minimum absolute atomic E-state index is 0. The molecule has 0 spiro atoms. The number of benzene rings is 1. The van der Waals surface area contributed by atoms with Gasteiger partial charge in [0, 0.05) is 47.2 Å². The molecule has 2 heterocycles. The average molecular weight is 318 g/mol. The molecule has 0 atom stereocenters. The molecule has 6 heteroatoms. The maximum Gasteiger partial charge on any atom is 0.255 e. The highest BCUT2D eigenvalue weighted by Gasteiger charge is 2.05. The third-order valence-electron chi connectivity index (χ3n) is 3.43. The molecule has 0 aliphatic rings. The fraction of sp³-hybridized carbons (Fsp3) is 0.125. The number of rotatable bonds is 2. The maximum absolute atomic E-state index is 12.1. The van der Waals surface area contributed by atoms with Crippen molar-refractivity contribution in [1.82, 2.24) is 9.55 Å². The van der Waals surface area contributed by atoms with Crippen LogP contribution in [-0.4, -0.2) is 9.55 Å². The second-order valence-electron chi connectivity index (χ2n) is 5.01. The third-order valence-corrected chi connectivity index (χ3v) is 3.43. The first-order chi connectivity index (χ1) is 10.1. The van der Waals surface area contributed by atoms with Crippen molar-refractivity contribution in [3.05, 3.63) is 74.4 Å². The topological polar surface area (TPSA) is 80.9 Å². The van der Waals surface area contributed by atoms with Gasteiger partial charge in [-0.05, 0) is 30.7 Å². The van der Waals surface area contributed by atoms with Crippen molar-refractivity contribution in [2.24, 2.45) is 5.73 Å². The van der Waals surface area contributed by atoms with Crippen LogP contribution in [0.3, 0.4) is 0 Å². The fourth-order valence-corrected chi connectivity index (χ4v) is 2.35. The standard InChI is InChI=1S/C16H15N3O2.ClH/c1-10-2-5-16(21)19(9-10)12-3-4-14-13(7-12)15(20)6-11(8-17)18-14;/h2-7,9H,8,17H2,1H3,(H,18,20);1H. The van der Waals surface area contributed by atoms with E-state index in [1.54, 1.807) is 30.5 Å². The summed E-state index contributed by atoms with van der Waals surface area (Å²) >= 11 is 0. The van der Waals surface area contributed by atoms with E-state index in [4.69, 9.17) is 5.73 Å². The predicted octanol–water partition coefficient (Wildman–Crippen LogP) is 1.87. The van der Waals surface area contributed by atoms with E-state index >= 15 is 0 Å². The van der Waals surface area contributed by atoms with E-state index in [0.29, 0.717) is 22.3 Å². The van der Waals surface area contributed by atoms with Crippen molar-refractivity contribution in [1.29, 1.82) is 0 Å². The monoisotopic (exact) mass is 317 g/mol. The number of aromatic nitrogens is 2. The van der Waals surface area contributed by atoms with Gasteiger partial charge in [-0.3, -0.25) is 14.2 Å². The Morgan fingerprint density at radius 3 is 2.64 bits per heavy atom. The first-order valence-corrected chi connectivity index (χ1v) is 6.64. The van der Waals surface area contributed by atoms with Gasteiger partial charge in [-0.1, -0.05) is 6.07 Å². The molecule has 0 unspecified atom stereocenters. The predicted molar refractivity (Wildman–Crippen MR) is 90.0 cm³/mol. The molecule has 0 radical (unpaired) electrons. The van der Waals surface area contributed by atoms with Crippen molar-refractivity contribution >= 4 is 23.3 Å². The normalized spacial score (nSPS) is 10.5. The molecule has 0 saturated heterocycles. The SMILES string of the molecule is Cc1ccc(=O)n(-c2ccc3[nH]c(CN)cc(=O)c3c2)c1.Cl. The molecule has 22 heavy (non-hydrogen) atoms. The molecule has 3 N–H and O–H groups in total. The Kier molecular flexibility index (Phi) is 4.49. The Hall–Kier alpha value is -2.37. The molecule has 0 aliphatic heterocycles. The lowest BCUT2D eigenvalue weighted by Gasteiger charge is -2.08. The highest BCUT2D eigenvalue weighted by atomic mass is 35.5. The number of aryl methyl sites for hydroxylation is 1. The lowest BCUT2D eigenvalue weighted by Crippen LogP contribution is -2.17. The van der Waals surface area contributed by atoms with Crippen LogP contribution in [0.5, 0.6) is 0 Å². The van der Waals surface area contributed by atoms with Gasteiger partial charge in [0.25, 0.3) is 5.56 Å². The molecule has 0 saturated carbocycles. The van der Waals surface area contributed by atoms with E-state index in [0.717, 1.165) is 5.56 Å². The molecular formula is C16H16ClN3O2. The molecule has 0 amide bonds. The number of hydrogen-bond acceptors (Lipinski definition) is 3. The van der Waals surface area contributed by atoms with Crippen LogP contribution in [0.4, 0.5) is 0 Å². The molecule has 3 aromatic rings. The summed E-state index contributed by atoms with van der Waals surface area (Å²) in [7, 11) is 0.